The summed E-state index contributed by atoms with van der Waals surface area (Å²) in [5.74, 6) is 0.637. The fourth-order valence-electron chi connectivity index (χ4n) is 1.54. The van der Waals surface area contributed by atoms with E-state index in [2.05, 4.69) is 19.1 Å². The predicted octanol–water partition coefficient (Wildman–Crippen LogP) is 2.44. The molecule has 1 rings (SSSR count). The van der Waals surface area contributed by atoms with Crippen LogP contribution in [0.15, 0.2) is 24.3 Å². The monoisotopic (exact) mass is 207 g/mol. The molecule has 0 spiro atoms. The minimum absolute atomic E-state index is 0.253. The van der Waals surface area contributed by atoms with Gasteiger partial charge in [-0.1, -0.05) is 45.0 Å². The van der Waals surface area contributed by atoms with Crippen molar-refractivity contribution in [2.24, 2.45) is 11.7 Å². The molecule has 0 bridgehead atoms. The summed E-state index contributed by atoms with van der Waals surface area (Å²) in [5, 5.41) is 9.86. The van der Waals surface area contributed by atoms with Gasteiger partial charge in [0.25, 0.3) is 0 Å². The first-order valence-corrected chi connectivity index (χ1v) is 5.54. The highest BCUT2D eigenvalue weighted by Crippen LogP contribution is 2.23. The smallest absolute Gasteiger partial charge is 0.0812 e. The van der Waals surface area contributed by atoms with E-state index >= 15 is 0 Å². The molecular formula is C13H21NO. The Morgan fingerprint density at radius 3 is 1.93 bits per heavy atom. The van der Waals surface area contributed by atoms with Crippen molar-refractivity contribution in [2.75, 3.05) is 6.54 Å². The zero-order chi connectivity index (χ0) is 11.4. The Labute approximate surface area is 92.1 Å². The maximum absolute atomic E-state index is 9.86. The summed E-state index contributed by atoms with van der Waals surface area (Å²) in [6.45, 7) is 6.79. The first-order valence-electron chi connectivity index (χ1n) is 5.54. The Balaban J connectivity index is 2.80. The predicted molar refractivity (Wildman–Crippen MR) is 63.7 cm³/mol. The minimum Gasteiger partial charge on any atom is -0.388 e. The lowest BCUT2D eigenvalue weighted by atomic mass is 9.95. The molecule has 84 valence electrons. The fraction of sp³-hybridized carbons (Fsp3) is 0.538. The number of hydrogen-bond donors (Lipinski definition) is 2. The molecule has 1 aromatic carbocycles. The van der Waals surface area contributed by atoms with Crippen LogP contribution in [0.4, 0.5) is 0 Å². The van der Waals surface area contributed by atoms with E-state index < -0.39 is 0 Å². The van der Waals surface area contributed by atoms with Crippen LogP contribution in [0.5, 0.6) is 0 Å². The Bertz CT molecular complexity index is 292. The normalized spacial score (nSPS) is 15.3. The maximum Gasteiger partial charge on any atom is 0.0812 e. The number of benzene rings is 1. The highest BCUT2D eigenvalue weighted by Gasteiger charge is 2.12. The standard InChI is InChI=1S/C13H21NO/c1-9(2)13(15)12-6-4-11(5-7-12)10(3)8-14/h4-7,9-10,13,15H,8,14H2,1-3H3. The molecule has 0 aliphatic rings. The second-order valence-electron chi connectivity index (χ2n) is 4.49. The van der Waals surface area contributed by atoms with E-state index in [1.165, 1.54) is 5.56 Å². The van der Waals surface area contributed by atoms with Crippen LogP contribution < -0.4 is 5.73 Å². The average molecular weight is 207 g/mol. The number of rotatable bonds is 4. The first kappa shape index (κ1) is 12.2. The van der Waals surface area contributed by atoms with Crippen LogP contribution in [0.2, 0.25) is 0 Å². The van der Waals surface area contributed by atoms with Crippen LogP contribution in [-0.4, -0.2) is 11.7 Å². The van der Waals surface area contributed by atoms with E-state index in [0.29, 0.717) is 12.5 Å². The minimum atomic E-state index is -0.368. The molecule has 0 fully saturated rings. The van der Waals surface area contributed by atoms with E-state index in [0.717, 1.165) is 5.56 Å². The van der Waals surface area contributed by atoms with Crippen molar-refractivity contribution in [3.05, 3.63) is 35.4 Å². The van der Waals surface area contributed by atoms with Crippen molar-refractivity contribution in [2.45, 2.75) is 32.8 Å². The van der Waals surface area contributed by atoms with Gasteiger partial charge in [-0.05, 0) is 29.5 Å². The molecular weight excluding hydrogens is 186 g/mol. The van der Waals surface area contributed by atoms with Gasteiger partial charge in [-0.25, -0.2) is 0 Å². The topological polar surface area (TPSA) is 46.2 Å². The van der Waals surface area contributed by atoms with Gasteiger partial charge < -0.3 is 10.8 Å². The SMILES string of the molecule is CC(CN)c1ccc(C(O)C(C)C)cc1. The van der Waals surface area contributed by atoms with Gasteiger partial charge in [0.05, 0.1) is 6.10 Å². The number of aliphatic hydroxyl groups is 1. The molecule has 2 nitrogen and oxygen atoms in total. The second-order valence-corrected chi connectivity index (χ2v) is 4.49. The van der Waals surface area contributed by atoms with Crippen molar-refractivity contribution in [1.82, 2.24) is 0 Å². The first-order chi connectivity index (χ1) is 7.06. The summed E-state index contributed by atoms with van der Waals surface area (Å²) in [4.78, 5) is 0. The highest BCUT2D eigenvalue weighted by molar-refractivity contribution is 5.26. The number of aliphatic hydroxyl groups excluding tert-OH is 1. The Hall–Kier alpha value is -0.860. The lowest BCUT2D eigenvalue weighted by Crippen LogP contribution is -2.09. The van der Waals surface area contributed by atoms with Gasteiger partial charge in [0.2, 0.25) is 0 Å². The zero-order valence-corrected chi connectivity index (χ0v) is 9.77. The second kappa shape index (κ2) is 5.29. The van der Waals surface area contributed by atoms with Crippen LogP contribution in [-0.2, 0) is 0 Å². The molecule has 2 unspecified atom stereocenters. The van der Waals surface area contributed by atoms with Crippen LogP contribution >= 0.6 is 0 Å². The summed E-state index contributed by atoms with van der Waals surface area (Å²) in [6.07, 6.45) is -0.368. The lowest BCUT2D eigenvalue weighted by Gasteiger charge is -2.16. The van der Waals surface area contributed by atoms with Crippen molar-refractivity contribution >= 4 is 0 Å². The molecule has 0 saturated heterocycles. The van der Waals surface area contributed by atoms with Crippen molar-refractivity contribution in [3.63, 3.8) is 0 Å². The number of hydrogen-bond acceptors (Lipinski definition) is 2. The van der Waals surface area contributed by atoms with Crippen LogP contribution in [0.3, 0.4) is 0 Å². The zero-order valence-electron chi connectivity index (χ0n) is 9.77. The summed E-state index contributed by atoms with van der Waals surface area (Å²) < 4.78 is 0. The molecule has 0 aromatic heterocycles. The van der Waals surface area contributed by atoms with E-state index in [4.69, 9.17) is 5.73 Å². The highest BCUT2D eigenvalue weighted by atomic mass is 16.3. The molecule has 0 aliphatic heterocycles. The van der Waals surface area contributed by atoms with Gasteiger partial charge >= 0.3 is 0 Å². The Morgan fingerprint density at radius 1 is 1.07 bits per heavy atom. The van der Waals surface area contributed by atoms with E-state index in [-0.39, 0.29) is 12.0 Å². The van der Waals surface area contributed by atoms with Gasteiger partial charge in [-0.2, -0.15) is 0 Å². The molecule has 2 atom stereocenters. The molecule has 0 radical (unpaired) electrons. The maximum atomic E-state index is 9.86. The van der Waals surface area contributed by atoms with Crippen molar-refractivity contribution in [3.8, 4) is 0 Å². The third kappa shape index (κ3) is 3.05. The third-order valence-electron chi connectivity index (χ3n) is 2.83. The lowest BCUT2D eigenvalue weighted by molar-refractivity contribution is 0.127. The van der Waals surface area contributed by atoms with Gasteiger partial charge in [0.1, 0.15) is 0 Å². The van der Waals surface area contributed by atoms with Crippen LogP contribution in [0.1, 0.15) is 43.9 Å². The van der Waals surface area contributed by atoms with Gasteiger partial charge in [-0.3, -0.25) is 0 Å². The molecule has 3 N–H and O–H groups in total. The Morgan fingerprint density at radius 2 is 1.53 bits per heavy atom. The average Bonchev–Trinajstić information content (AvgIpc) is 2.27. The quantitative estimate of drug-likeness (QED) is 0.796. The van der Waals surface area contributed by atoms with Gasteiger partial charge in [-0.15, -0.1) is 0 Å². The molecule has 15 heavy (non-hydrogen) atoms. The summed E-state index contributed by atoms with van der Waals surface area (Å²) in [6, 6.07) is 8.09. The molecule has 0 aliphatic carbocycles. The van der Waals surface area contributed by atoms with E-state index in [9.17, 15) is 5.11 Å². The van der Waals surface area contributed by atoms with Crippen molar-refractivity contribution < 1.29 is 5.11 Å². The van der Waals surface area contributed by atoms with Gasteiger partial charge in [0.15, 0.2) is 0 Å². The molecule has 0 saturated carbocycles. The summed E-state index contributed by atoms with van der Waals surface area (Å²) >= 11 is 0. The molecule has 0 heterocycles. The molecule has 0 amide bonds. The summed E-state index contributed by atoms with van der Waals surface area (Å²) in [5.41, 5.74) is 7.82. The van der Waals surface area contributed by atoms with E-state index in [1.54, 1.807) is 0 Å². The summed E-state index contributed by atoms with van der Waals surface area (Å²) in [7, 11) is 0. The van der Waals surface area contributed by atoms with Crippen LogP contribution in [0.25, 0.3) is 0 Å². The molecule has 2 heteroatoms. The van der Waals surface area contributed by atoms with Crippen molar-refractivity contribution in [1.29, 1.82) is 0 Å². The fourth-order valence-corrected chi connectivity index (χ4v) is 1.54. The Kier molecular flexibility index (Phi) is 4.30. The third-order valence-corrected chi connectivity index (χ3v) is 2.83. The van der Waals surface area contributed by atoms with E-state index in [1.807, 2.05) is 26.0 Å². The van der Waals surface area contributed by atoms with Gasteiger partial charge in [0, 0.05) is 0 Å². The number of nitrogens with two attached hydrogens (primary N) is 1. The largest absolute Gasteiger partial charge is 0.388 e. The van der Waals surface area contributed by atoms with Crippen LogP contribution in [0, 0.1) is 5.92 Å². The molecule has 1 aromatic rings.